The highest BCUT2D eigenvalue weighted by Crippen LogP contribution is 2.36. The van der Waals surface area contributed by atoms with Gasteiger partial charge in [-0.3, -0.25) is 0 Å². The van der Waals surface area contributed by atoms with Gasteiger partial charge in [0.15, 0.2) is 0 Å². The van der Waals surface area contributed by atoms with E-state index < -0.39 is 0 Å². The average Bonchev–Trinajstić information content (AvgIpc) is 2.35. The van der Waals surface area contributed by atoms with Gasteiger partial charge in [0.25, 0.3) is 0 Å². The van der Waals surface area contributed by atoms with Gasteiger partial charge in [0, 0.05) is 17.5 Å². The van der Waals surface area contributed by atoms with Crippen LogP contribution in [0.2, 0.25) is 0 Å². The molecule has 0 aromatic heterocycles. The maximum Gasteiger partial charge on any atom is 0.0517 e. The van der Waals surface area contributed by atoms with E-state index in [0.717, 1.165) is 13.0 Å². The van der Waals surface area contributed by atoms with Crippen molar-refractivity contribution >= 4 is 11.8 Å². The summed E-state index contributed by atoms with van der Waals surface area (Å²) in [4.78, 5) is 1.42. The van der Waals surface area contributed by atoms with Crippen LogP contribution in [0.5, 0.6) is 0 Å². The first-order chi connectivity index (χ1) is 8.98. The number of aliphatic hydroxyl groups excluding tert-OH is 1. The lowest BCUT2D eigenvalue weighted by Crippen LogP contribution is -2.35. The fraction of sp³-hybridized carbons (Fsp3) is 0.625. The summed E-state index contributed by atoms with van der Waals surface area (Å²) < 4.78 is 0. The SMILES string of the molecule is CC(O)CC(C)(C)CNC1CCSc2ccccc21. The molecule has 1 aliphatic rings. The van der Waals surface area contributed by atoms with Crippen LogP contribution in [0.15, 0.2) is 29.2 Å². The van der Waals surface area contributed by atoms with Gasteiger partial charge in [0.1, 0.15) is 0 Å². The summed E-state index contributed by atoms with van der Waals surface area (Å²) in [6.07, 6.45) is 1.79. The van der Waals surface area contributed by atoms with Crippen molar-refractivity contribution in [2.45, 2.75) is 50.7 Å². The third kappa shape index (κ3) is 4.23. The number of nitrogens with one attached hydrogen (secondary N) is 1. The lowest BCUT2D eigenvalue weighted by Gasteiger charge is -2.32. The number of benzene rings is 1. The van der Waals surface area contributed by atoms with Crippen LogP contribution in [0, 0.1) is 5.41 Å². The zero-order chi connectivity index (χ0) is 13.9. The first-order valence-corrected chi connectivity index (χ1v) is 8.10. The normalized spacial score (nSPS) is 20.9. The van der Waals surface area contributed by atoms with Gasteiger partial charge in [-0.1, -0.05) is 32.0 Å². The van der Waals surface area contributed by atoms with Crippen molar-refractivity contribution < 1.29 is 5.11 Å². The zero-order valence-corrected chi connectivity index (χ0v) is 13.0. The van der Waals surface area contributed by atoms with E-state index in [4.69, 9.17) is 0 Å². The summed E-state index contributed by atoms with van der Waals surface area (Å²) in [7, 11) is 0. The van der Waals surface area contributed by atoms with Crippen LogP contribution in [-0.4, -0.2) is 23.5 Å². The standard InChI is InChI=1S/C16H25NOS/c1-12(18)10-16(2,3)11-17-14-8-9-19-15-7-5-4-6-13(14)15/h4-7,12,14,17-18H,8-11H2,1-3H3. The van der Waals surface area contributed by atoms with Crippen LogP contribution in [0.25, 0.3) is 0 Å². The Morgan fingerprint density at radius 2 is 2.16 bits per heavy atom. The van der Waals surface area contributed by atoms with Gasteiger partial charge in [0.2, 0.25) is 0 Å². The van der Waals surface area contributed by atoms with Crippen molar-refractivity contribution in [1.82, 2.24) is 5.32 Å². The Kier molecular flexibility index (Phi) is 4.93. The average molecular weight is 279 g/mol. The molecule has 1 aliphatic heterocycles. The van der Waals surface area contributed by atoms with E-state index >= 15 is 0 Å². The minimum atomic E-state index is -0.231. The molecular weight excluding hydrogens is 254 g/mol. The Hall–Kier alpha value is -0.510. The number of rotatable bonds is 5. The number of hydrogen-bond donors (Lipinski definition) is 2. The van der Waals surface area contributed by atoms with Crippen molar-refractivity contribution in [1.29, 1.82) is 0 Å². The second kappa shape index (κ2) is 6.29. The van der Waals surface area contributed by atoms with Crippen molar-refractivity contribution in [2.24, 2.45) is 5.41 Å². The summed E-state index contributed by atoms with van der Waals surface area (Å²) >= 11 is 1.96. The minimum Gasteiger partial charge on any atom is -0.393 e. The summed E-state index contributed by atoms with van der Waals surface area (Å²) in [6, 6.07) is 9.16. The molecule has 2 nitrogen and oxygen atoms in total. The highest BCUT2D eigenvalue weighted by molar-refractivity contribution is 7.99. The zero-order valence-electron chi connectivity index (χ0n) is 12.1. The molecule has 19 heavy (non-hydrogen) atoms. The van der Waals surface area contributed by atoms with Crippen molar-refractivity contribution in [3.8, 4) is 0 Å². The Morgan fingerprint density at radius 3 is 2.89 bits per heavy atom. The largest absolute Gasteiger partial charge is 0.393 e. The van der Waals surface area contributed by atoms with E-state index in [1.54, 1.807) is 0 Å². The molecule has 0 amide bonds. The van der Waals surface area contributed by atoms with E-state index in [2.05, 4.69) is 43.4 Å². The molecule has 0 fully saturated rings. The van der Waals surface area contributed by atoms with Crippen molar-refractivity contribution in [2.75, 3.05) is 12.3 Å². The Bertz CT molecular complexity index is 417. The van der Waals surface area contributed by atoms with Crippen LogP contribution < -0.4 is 5.32 Å². The van der Waals surface area contributed by atoms with E-state index in [1.807, 2.05) is 18.7 Å². The fourth-order valence-corrected chi connectivity index (χ4v) is 3.95. The van der Waals surface area contributed by atoms with E-state index in [9.17, 15) is 5.11 Å². The third-order valence-corrected chi connectivity index (χ3v) is 4.76. The van der Waals surface area contributed by atoms with Crippen molar-refractivity contribution in [3.05, 3.63) is 29.8 Å². The van der Waals surface area contributed by atoms with Gasteiger partial charge in [-0.05, 0) is 42.6 Å². The minimum absolute atomic E-state index is 0.133. The molecule has 0 aliphatic carbocycles. The topological polar surface area (TPSA) is 32.3 Å². The predicted octanol–water partition coefficient (Wildman–Crippen LogP) is 3.61. The molecule has 106 valence electrons. The van der Waals surface area contributed by atoms with Gasteiger partial charge in [-0.15, -0.1) is 11.8 Å². The summed E-state index contributed by atoms with van der Waals surface area (Å²) in [6.45, 7) is 7.25. The predicted molar refractivity (Wildman–Crippen MR) is 82.6 cm³/mol. The molecule has 0 spiro atoms. The van der Waals surface area contributed by atoms with Gasteiger partial charge >= 0.3 is 0 Å². The lowest BCUT2D eigenvalue weighted by molar-refractivity contribution is 0.126. The molecule has 1 heterocycles. The first-order valence-electron chi connectivity index (χ1n) is 7.11. The number of hydrogen-bond acceptors (Lipinski definition) is 3. The molecule has 1 aromatic carbocycles. The van der Waals surface area contributed by atoms with Gasteiger partial charge in [-0.2, -0.15) is 0 Å². The Labute approximate surface area is 121 Å². The van der Waals surface area contributed by atoms with E-state index in [-0.39, 0.29) is 11.5 Å². The molecule has 2 rings (SSSR count). The third-order valence-electron chi connectivity index (χ3n) is 3.63. The Morgan fingerprint density at radius 1 is 1.42 bits per heavy atom. The molecule has 0 saturated carbocycles. The second-order valence-corrected chi connectivity index (χ2v) is 7.46. The molecule has 0 saturated heterocycles. The fourth-order valence-electron chi connectivity index (χ4n) is 2.83. The molecule has 1 aromatic rings. The maximum absolute atomic E-state index is 9.55. The highest BCUT2D eigenvalue weighted by atomic mass is 32.2. The number of aliphatic hydroxyl groups is 1. The van der Waals surface area contributed by atoms with Gasteiger partial charge in [0.05, 0.1) is 6.10 Å². The first kappa shape index (κ1) is 14.9. The molecule has 0 radical (unpaired) electrons. The smallest absolute Gasteiger partial charge is 0.0517 e. The molecule has 2 N–H and O–H groups in total. The molecular formula is C16H25NOS. The number of fused-ring (bicyclic) bond motifs is 1. The molecule has 3 heteroatoms. The maximum atomic E-state index is 9.55. The van der Waals surface area contributed by atoms with E-state index in [0.29, 0.717) is 6.04 Å². The van der Waals surface area contributed by atoms with Crippen molar-refractivity contribution in [3.63, 3.8) is 0 Å². The molecule has 0 bridgehead atoms. The quantitative estimate of drug-likeness (QED) is 0.863. The second-order valence-electron chi connectivity index (χ2n) is 6.33. The molecule has 2 unspecified atom stereocenters. The van der Waals surface area contributed by atoms with Crippen LogP contribution in [0.1, 0.15) is 45.2 Å². The molecule has 2 atom stereocenters. The Balaban J connectivity index is 1.98. The highest BCUT2D eigenvalue weighted by Gasteiger charge is 2.24. The van der Waals surface area contributed by atoms with E-state index in [1.165, 1.54) is 22.6 Å². The van der Waals surface area contributed by atoms with Crippen LogP contribution in [0.3, 0.4) is 0 Å². The van der Waals surface area contributed by atoms with Gasteiger partial charge in [-0.25, -0.2) is 0 Å². The lowest BCUT2D eigenvalue weighted by atomic mass is 9.86. The van der Waals surface area contributed by atoms with Crippen LogP contribution in [-0.2, 0) is 0 Å². The summed E-state index contributed by atoms with van der Waals surface area (Å²) in [5, 5.41) is 13.3. The summed E-state index contributed by atoms with van der Waals surface area (Å²) in [5.74, 6) is 1.19. The monoisotopic (exact) mass is 279 g/mol. The number of thioether (sulfide) groups is 1. The summed E-state index contributed by atoms with van der Waals surface area (Å²) in [5.41, 5.74) is 1.57. The van der Waals surface area contributed by atoms with Crippen LogP contribution >= 0.6 is 11.8 Å². The van der Waals surface area contributed by atoms with Gasteiger partial charge < -0.3 is 10.4 Å². The van der Waals surface area contributed by atoms with Crippen LogP contribution in [0.4, 0.5) is 0 Å².